The van der Waals surface area contributed by atoms with Crippen molar-refractivity contribution in [3.05, 3.63) is 125 Å². The monoisotopic (exact) mass is 523 g/mol. The van der Waals surface area contributed by atoms with Gasteiger partial charge < -0.3 is 0 Å². The van der Waals surface area contributed by atoms with E-state index in [1.165, 1.54) is 11.1 Å². The van der Waals surface area contributed by atoms with Gasteiger partial charge in [-0.25, -0.2) is 0 Å². The lowest BCUT2D eigenvalue weighted by Gasteiger charge is -2.19. The molecule has 0 aliphatic heterocycles. The largest absolute Gasteiger partial charge is 0.280 e. The maximum atomic E-state index is 5.83. The lowest BCUT2D eigenvalue weighted by Crippen LogP contribution is -2.11. The number of nitrogens with zero attached hydrogens (tertiary/aromatic N) is 3. The first-order chi connectivity index (χ1) is 18.9. The molecule has 3 aromatic carbocycles. The van der Waals surface area contributed by atoms with Crippen LogP contribution in [-0.4, -0.2) is 25.3 Å². The first-order valence-corrected chi connectivity index (χ1v) is 13.7. The smallest absolute Gasteiger partial charge is 0.113 e. The highest BCUT2D eigenvalue weighted by molar-refractivity contribution is 6.32. The molecule has 0 fully saturated rings. The van der Waals surface area contributed by atoms with Crippen LogP contribution in [0, 0.1) is 0 Å². The lowest BCUT2D eigenvalue weighted by molar-refractivity contribution is 0.590. The van der Waals surface area contributed by atoms with Crippen LogP contribution >= 0.6 is 0 Å². The summed E-state index contributed by atoms with van der Waals surface area (Å²) in [5.74, 6) is 0. The Kier molecular flexibility index (Phi) is 8.68. The molecular weight excluding hydrogens is 485 g/mol. The van der Waals surface area contributed by atoms with Gasteiger partial charge >= 0.3 is 0 Å². The maximum Gasteiger partial charge on any atom is 0.113 e. The third-order valence-electron chi connectivity index (χ3n) is 7.00. The van der Waals surface area contributed by atoms with Crippen molar-refractivity contribution in [2.75, 3.05) is 0 Å². The molecule has 0 atom stereocenters. The van der Waals surface area contributed by atoms with Crippen LogP contribution in [0.3, 0.4) is 0 Å². The molecule has 0 aliphatic rings. The molecule has 0 unspecified atom stereocenters. The number of hydrogen-bond donors (Lipinski definition) is 0. The van der Waals surface area contributed by atoms with E-state index in [1.54, 1.807) is 0 Å². The summed E-state index contributed by atoms with van der Waals surface area (Å²) in [6.45, 7) is 17.7. The van der Waals surface area contributed by atoms with Crippen LogP contribution in [0.4, 0.5) is 0 Å². The van der Waals surface area contributed by atoms with Crippen molar-refractivity contribution < 1.29 is 0 Å². The topological polar surface area (TPSA) is 37.6 Å². The molecule has 3 nitrogen and oxygen atoms in total. The zero-order valence-electron chi connectivity index (χ0n) is 24.6. The first-order valence-electron chi connectivity index (χ1n) is 13.7. The molecule has 0 bridgehead atoms. The second kappa shape index (κ2) is 12.0. The van der Waals surface area contributed by atoms with Crippen molar-refractivity contribution in [3.8, 4) is 11.3 Å². The normalized spacial score (nSPS) is 12.8. The van der Waals surface area contributed by atoms with Gasteiger partial charge in [-0.2, -0.15) is 0 Å². The Morgan fingerprint density at radius 2 is 1.30 bits per heavy atom. The minimum absolute atomic E-state index is 0.0756. The summed E-state index contributed by atoms with van der Waals surface area (Å²) < 4.78 is 0. The zero-order valence-corrected chi connectivity index (χ0v) is 24.6. The van der Waals surface area contributed by atoms with Crippen LogP contribution in [0.2, 0.25) is 0 Å². The number of benzene rings is 3. The van der Waals surface area contributed by atoms with Gasteiger partial charge in [-0.05, 0) is 51.9 Å². The third kappa shape index (κ3) is 7.32. The predicted molar refractivity (Wildman–Crippen MR) is 173 cm³/mol. The van der Waals surface area contributed by atoms with Gasteiger partial charge in [0.2, 0.25) is 0 Å². The third-order valence-corrected chi connectivity index (χ3v) is 7.00. The second-order valence-electron chi connectivity index (χ2n) is 12.2. The second-order valence-corrected chi connectivity index (χ2v) is 12.2. The maximum absolute atomic E-state index is 5.83. The molecule has 1 aromatic heterocycles. The van der Waals surface area contributed by atoms with Crippen molar-refractivity contribution in [1.82, 2.24) is 4.98 Å². The predicted octanol–water partition coefficient (Wildman–Crippen LogP) is 7.87. The average molecular weight is 524 g/mol. The molecule has 2 radical (unpaired) electrons. The molecule has 40 heavy (non-hydrogen) atoms. The fourth-order valence-corrected chi connectivity index (χ4v) is 4.37. The van der Waals surface area contributed by atoms with Gasteiger partial charge in [-0.3, -0.25) is 15.0 Å². The molecule has 4 rings (SSSR count). The number of aromatic nitrogens is 1. The fraction of sp³-hybridized carbons (Fsp3) is 0.250. The van der Waals surface area contributed by atoms with Gasteiger partial charge in [0.05, 0.1) is 23.6 Å². The minimum atomic E-state index is 0.0756. The van der Waals surface area contributed by atoms with Crippen LogP contribution in [0.25, 0.3) is 17.0 Å². The van der Waals surface area contributed by atoms with E-state index in [0.717, 1.165) is 44.8 Å². The van der Waals surface area contributed by atoms with Gasteiger partial charge in [0.15, 0.2) is 0 Å². The fourth-order valence-electron chi connectivity index (χ4n) is 4.37. The van der Waals surface area contributed by atoms with Crippen LogP contribution in [0.1, 0.15) is 69.4 Å². The van der Waals surface area contributed by atoms with E-state index in [4.69, 9.17) is 12.8 Å². The molecule has 0 amide bonds. The summed E-state index contributed by atoms with van der Waals surface area (Å²) in [5, 5.41) is 0. The van der Waals surface area contributed by atoms with Crippen molar-refractivity contribution in [1.29, 1.82) is 0 Å². The summed E-state index contributed by atoms with van der Waals surface area (Å²) in [4.78, 5) is 14.1. The Bertz CT molecular complexity index is 1500. The standard InChI is InChI=1S/C36H38BN3/c1-35(2,3)29-15-9-27(10-16-29)33(38-7)22-34(28-11-17-30(18-12-28)36(4,5)6)40-24-25-8-21-32(39-23-25)26-13-19-31(37)20-14-26/h8-23H,7,24H2,1-6H3/b33-22-,40-34?. The van der Waals surface area contributed by atoms with Gasteiger partial charge in [0.1, 0.15) is 7.85 Å². The highest BCUT2D eigenvalue weighted by Gasteiger charge is 2.15. The van der Waals surface area contributed by atoms with Crippen molar-refractivity contribution >= 4 is 31.4 Å². The van der Waals surface area contributed by atoms with E-state index >= 15 is 0 Å². The van der Waals surface area contributed by atoms with Crippen molar-refractivity contribution in [2.24, 2.45) is 9.98 Å². The van der Waals surface area contributed by atoms with E-state index in [-0.39, 0.29) is 10.8 Å². The number of rotatable bonds is 7. The summed E-state index contributed by atoms with van der Waals surface area (Å²) in [5.41, 5.74) is 10.1. The van der Waals surface area contributed by atoms with E-state index in [2.05, 4.69) is 113 Å². The average Bonchev–Trinajstić information content (AvgIpc) is 2.93. The molecule has 4 heteroatoms. The Balaban J connectivity index is 1.68. The molecule has 4 aromatic rings. The van der Waals surface area contributed by atoms with E-state index in [1.807, 2.05) is 42.6 Å². The van der Waals surface area contributed by atoms with Crippen LogP contribution in [0.15, 0.2) is 107 Å². The number of hydrogen-bond acceptors (Lipinski definition) is 3. The van der Waals surface area contributed by atoms with Crippen LogP contribution < -0.4 is 5.46 Å². The van der Waals surface area contributed by atoms with Crippen LogP contribution in [-0.2, 0) is 17.4 Å². The number of pyridine rings is 1. The first kappa shape index (κ1) is 29.0. The molecule has 0 N–H and O–H groups in total. The Morgan fingerprint density at radius 1 is 0.750 bits per heavy atom. The van der Waals surface area contributed by atoms with Gasteiger partial charge in [-0.15, -0.1) is 0 Å². The molecule has 0 saturated heterocycles. The highest BCUT2D eigenvalue weighted by Crippen LogP contribution is 2.26. The quantitative estimate of drug-likeness (QED) is 0.179. The summed E-state index contributed by atoms with van der Waals surface area (Å²) in [6.07, 6.45) is 3.92. The summed E-state index contributed by atoms with van der Waals surface area (Å²) >= 11 is 0. The Morgan fingerprint density at radius 3 is 1.77 bits per heavy atom. The lowest BCUT2D eigenvalue weighted by atomic mass is 9.86. The van der Waals surface area contributed by atoms with Gasteiger partial charge in [-0.1, -0.05) is 126 Å². The molecule has 1 heterocycles. The molecule has 0 spiro atoms. The molecular formula is C36H38BN3. The van der Waals surface area contributed by atoms with E-state index in [9.17, 15) is 0 Å². The molecule has 200 valence electrons. The Labute approximate surface area is 241 Å². The van der Waals surface area contributed by atoms with Gasteiger partial charge in [0, 0.05) is 17.3 Å². The van der Waals surface area contributed by atoms with Crippen molar-refractivity contribution in [2.45, 2.75) is 58.9 Å². The number of aliphatic imine (C=N–C) groups is 2. The summed E-state index contributed by atoms with van der Waals surface area (Å²) in [7, 11) is 5.83. The van der Waals surface area contributed by atoms with Gasteiger partial charge in [0.25, 0.3) is 0 Å². The zero-order chi connectivity index (χ0) is 28.9. The van der Waals surface area contributed by atoms with Crippen molar-refractivity contribution in [3.63, 3.8) is 0 Å². The highest BCUT2D eigenvalue weighted by atomic mass is 14.8. The van der Waals surface area contributed by atoms with Crippen LogP contribution in [0.5, 0.6) is 0 Å². The van der Waals surface area contributed by atoms with E-state index in [0.29, 0.717) is 6.54 Å². The van der Waals surface area contributed by atoms with E-state index < -0.39 is 0 Å². The number of allylic oxidation sites excluding steroid dienone is 1. The molecule has 0 aliphatic carbocycles. The summed E-state index contributed by atoms with van der Waals surface area (Å²) in [6, 6.07) is 29.0. The molecule has 0 saturated carbocycles. The SMILES string of the molecule is [B]c1ccc(-c2ccc(CN=C(/C=C(\N=C)c3ccc(C(C)(C)C)cc3)c3ccc(C(C)(C)C)cc3)cn2)cc1. The Hall–Kier alpha value is -4.05. The minimum Gasteiger partial charge on any atom is -0.280 e.